The first-order chi connectivity index (χ1) is 14.1. The molecule has 0 fully saturated rings. The van der Waals surface area contributed by atoms with Crippen molar-refractivity contribution in [1.29, 1.82) is 0 Å². The minimum absolute atomic E-state index is 0.0787. The summed E-state index contributed by atoms with van der Waals surface area (Å²) >= 11 is 0. The molecule has 0 spiro atoms. The number of H-pyrrole nitrogens is 1. The lowest BCUT2D eigenvalue weighted by Gasteiger charge is -2.17. The van der Waals surface area contributed by atoms with E-state index in [1.54, 1.807) is 18.2 Å². The number of aromatic amines is 1. The number of carbonyl (C=O) groups is 1. The first-order valence-corrected chi connectivity index (χ1v) is 11.7. The predicted octanol–water partition coefficient (Wildman–Crippen LogP) is 3.74. The zero-order valence-electron chi connectivity index (χ0n) is 17.0. The van der Waals surface area contributed by atoms with E-state index in [0.29, 0.717) is 29.9 Å². The highest BCUT2D eigenvalue weighted by Gasteiger charge is 2.32. The molecule has 8 heteroatoms. The zero-order valence-corrected chi connectivity index (χ0v) is 17.9. The highest BCUT2D eigenvalue weighted by Crippen LogP contribution is 2.41. The molecule has 1 aliphatic rings. The lowest BCUT2D eigenvalue weighted by atomic mass is 9.89. The third-order valence-corrected chi connectivity index (χ3v) is 6.88. The van der Waals surface area contributed by atoms with Gasteiger partial charge in [0.25, 0.3) is 5.91 Å². The van der Waals surface area contributed by atoms with Crippen molar-refractivity contribution in [3.05, 3.63) is 59.0 Å². The van der Waals surface area contributed by atoms with Crippen molar-refractivity contribution in [2.75, 3.05) is 18.1 Å². The second-order valence-corrected chi connectivity index (χ2v) is 9.96. The Morgan fingerprint density at radius 2 is 1.97 bits per heavy atom. The van der Waals surface area contributed by atoms with Crippen molar-refractivity contribution >= 4 is 32.3 Å². The summed E-state index contributed by atoms with van der Waals surface area (Å²) < 4.78 is 37.6. The van der Waals surface area contributed by atoms with Crippen LogP contribution in [0.1, 0.15) is 40.9 Å². The number of hydrogen-bond donors (Lipinski definition) is 3. The van der Waals surface area contributed by atoms with Crippen LogP contribution in [0, 0.1) is 12.7 Å². The highest BCUT2D eigenvalue weighted by molar-refractivity contribution is 7.90. The van der Waals surface area contributed by atoms with Crippen LogP contribution in [0.4, 0.5) is 10.1 Å². The van der Waals surface area contributed by atoms with Crippen molar-refractivity contribution in [1.82, 2.24) is 10.3 Å². The molecule has 0 bridgehead atoms. The van der Waals surface area contributed by atoms with E-state index in [4.69, 9.17) is 0 Å². The molecule has 1 aromatic heterocycles. The van der Waals surface area contributed by atoms with E-state index in [1.165, 1.54) is 18.2 Å². The van der Waals surface area contributed by atoms with Gasteiger partial charge in [-0.3, -0.25) is 4.79 Å². The van der Waals surface area contributed by atoms with Crippen LogP contribution >= 0.6 is 0 Å². The molecule has 0 saturated heterocycles. The van der Waals surface area contributed by atoms with E-state index in [0.717, 1.165) is 22.8 Å². The fourth-order valence-electron chi connectivity index (χ4n) is 4.19. The Morgan fingerprint density at radius 3 is 2.70 bits per heavy atom. The number of fused-ring (bicyclic) bond motifs is 2. The average Bonchev–Trinajstić information content (AvgIpc) is 3.25. The fourth-order valence-corrected chi connectivity index (χ4v) is 4.84. The van der Waals surface area contributed by atoms with Crippen LogP contribution < -0.4 is 10.6 Å². The number of hydrogen-bond acceptors (Lipinski definition) is 4. The van der Waals surface area contributed by atoms with E-state index in [9.17, 15) is 17.6 Å². The van der Waals surface area contributed by atoms with E-state index in [-0.39, 0.29) is 28.6 Å². The Labute approximate surface area is 174 Å². The van der Waals surface area contributed by atoms with Crippen molar-refractivity contribution in [2.24, 2.45) is 0 Å². The molecule has 30 heavy (non-hydrogen) atoms. The van der Waals surface area contributed by atoms with E-state index in [2.05, 4.69) is 15.6 Å². The topological polar surface area (TPSA) is 91.1 Å². The molecule has 158 valence electrons. The van der Waals surface area contributed by atoms with Crippen LogP contribution in [-0.4, -0.2) is 38.2 Å². The number of carbonyl (C=O) groups excluding carboxylic acids is 1. The Kier molecular flexibility index (Phi) is 5.05. The Hall–Kier alpha value is -2.87. The Balaban J connectivity index is 1.46. The molecule has 6 nitrogen and oxygen atoms in total. The van der Waals surface area contributed by atoms with Crippen LogP contribution in [0.15, 0.2) is 41.3 Å². The van der Waals surface area contributed by atoms with Gasteiger partial charge in [0, 0.05) is 35.7 Å². The lowest BCUT2D eigenvalue weighted by Crippen LogP contribution is -2.27. The average molecular weight is 430 g/mol. The van der Waals surface area contributed by atoms with E-state index < -0.39 is 9.84 Å². The molecule has 3 aromatic rings. The van der Waals surface area contributed by atoms with Gasteiger partial charge < -0.3 is 15.6 Å². The van der Waals surface area contributed by atoms with Crippen molar-refractivity contribution in [3.63, 3.8) is 0 Å². The maximum atomic E-state index is 14.1. The minimum Gasteiger partial charge on any atom is -0.379 e. The normalized spacial score (nSPS) is 18.3. The van der Waals surface area contributed by atoms with Crippen LogP contribution in [0.2, 0.25) is 0 Å². The van der Waals surface area contributed by atoms with Crippen molar-refractivity contribution < 1.29 is 17.6 Å². The molecule has 0 radical (unpaired) electrons. The first-order valence-electron chi connectivity index (χ1n) is 9.81. The summed E-state index contributed by atoms with van der Waals surface area (Å²) in [5.41, 5.74) is 3.55. The second kappa shape index (κ2) is 7.43. The van der Waals surface area contributed by atoms with Crippen molar-refractivity contribution in [2.45, 2.75) is 37.1 Å². The number of rotatable bonds is 5. The third kappa shape index (κ3) is 3.67. The van der Waals surface area contributed by atoms with Crippen LogP contribution in [0.5, 0.6) is 0 Å². The quantitative estimate of drug-likeness (QED) is 0.576. The van der Waals surface area contributed by atoms with Gasteiger partial charge in [-0.1, -0.05) is 12.1 Å². The van der Waals surface area contributed by atoms with Gasteiger partial charge in [0.15, 0.2) is 9.84 Å². The van der Waals surface area contributed by atoms with Gasteiger partial charge in [-0.25, -0.2) is 12.8 Å². The minimum atomic E-state index is -3.32. The maximum Gasteiger partial charge on any atom is 0.267 e. The summed E-state index contributed by atoms with van der Waals surface area (Å²) in [6, 6.07) is 9.78. The van der Waals surface area contributed by atoms with Gasteiger partial charge in [-0.2, -0.15) is 0 Å². The molecule has 0 saturated carbocycles. The summed E-state index contributed by atoms with van der Waals surface area (Å²) in [6.45, 7) is 4.43. The summed E-state index contributed by atoms with van der Waals surface area (Å²) in [5, 5.41) is 6.89. The monoisotopic (exact) mass is 429 g/mol. The molecule has 2 aromatic carbocycles. The van der Waals surface area contributed by atoms with E-state index >= 15 is 0 Å². The third-order valence-electron chi connectivity index (χ3n) is 5.77. The Morgan fingerprint density at radius 1 is 1.20 bits per heavy atom. The zero-order chi connectivity index (χ0) is 21.6. The maximum absolute atomic E-state index is 14.1. The van der Waals surface area contributed by atoms with Gasteiger partial charge in [-0.05, 0) is 55.7 Å². The van der Waals surface area contributed by atoms with Gasteiger partial charge in [0.1, 0.15) is 11.5 Å². The number of aryl methyl sites for hydroxylation is 1. The molecular formula is C22H24FN3O3S. The second-order valence-electron chi connectivity index (χ2n) is 7.94. The largest absolute Gasteiger partial charge is 0.379 e. The van der Waals surface area contributed by atoms with Crippen molar-refractivity contribution in [3.8, 4) is 0 Å². The summed E-state index contributed by atoms with van der Waals surface area (Å²) in [7, 11) is -3.32. The number of aromatic nitrogens is 1. The molecule has 1 aliphatic heterocycles. The summed E-state index contributed by atoms with van der Waals surface area (Å²) in [5.74, 6) is -0.404. The van der Waals surface area contributed by atoms with Crippen LogP contribution in [0.25, 0.3) is 10.9 Å². The molecule has 2 unspecified atom stereocenters. The number of nitrogens with one attached hydrogen (secondary N) is 3. The standard InChI is InChI=1S/C22H24FN3O3S/c1-12-4-7-17(23)21-20(12)16(13(2)25-21)8-9-24-22(27)19-10-14-5-6-15(30(3,28)29)11-18(14)26-19/h4-7,10-11,13,16,25-26H,8-9H2,1-3H3,(H,24,27). The Bertz CT molecular complexity index is 1250. The van der Waals surface area contributed by atoms with Gasteiger partial charge >= 0.3 is 0 Å². The molecule has 2 heterocycles. The summed E-state index contributed by atoms with van der Waals surface area (Å²) in [6.07, 6.45) is 1.82. The predicted molar refractivity (Wildman–Crippen MR) is 115 cm³/mol. The molecule has 2 atom stereocenters. The number of anilines is 1. The molecule has 3 N–H and O–H groups in total. The number of halogens is 1. The summed E-state index contributed by atoms with van der Waals surface area (Å²) in [4.78, 5) is 15.8. The number of amides is 1. The highest BCUT2D eigenvalue weighted by atomic mass is 32.2. The van der Waals surface area contributed by atoms with Crippen LogP contribution in [0.3, 0.4) is 0 Å². The lowest BCUT2D eigenvalue weighted by molar-refractivity contribution is 0.0948. The van der Waals surface area contributed by atoms with Gasteiger partial charge in [0.2, 0.25) is 0 Å². The smallest absolute Gasteiger partial charge is 0.267 e. The SMILES string of the molecule is Cc1ccc(F)c2c1C(CCNC(=O)c1cc3ccc(S(C)(=O)=O)cc3[nH]1)C(C)N2. The first kappa shape index (κ1) is 20.4. The number of benzene rings is 2. The molecule has 4 rings (SSSR count). The number of sulfone groups is 1. The van der Waals surface area contributed by atoms with E-state index in [1.807, 2.05) is 13.8 Å². The fraction of sp³-hybridized carbons (Fsp3) is 0.318. The van der Waals surface area contributed by atoms with Gasteiger partial charge in [0.05, 0.1) is 10.6 Å². The molecule has 1 amide bonds. The van der Waals surface area contributed by atoms with Crippen LogP contribution in [-0.2, 0) is 9.84 Å². The molecular weight excluding hydrogens is 405 g/mol. The molecule has 0 aliphatic carbocycles. The van der Waals surface area contributed by atoms with Gasteiger partial charge in [-0.15, -0.1) is 0 Å².